The summed E-state index contributed by atoms with van der Waals surface area (Å²) in [6.45, 7) is 3.80. The van der Waals surface area contributed by atoms with Gasteiger partial charge in [0.05, 0.1) is 12.1 Å². The molecule has 0 N–H and O–H groups in total. The van der Waals surface area contributed by atoms with Crippen LogP contribution in [-0.2, 0) is 6.42 Å². The molecule has 0 aliphatic rings. The van der Waals surface area contributed by atoms with E-state index in [1.54, 1.807) is 0 Å². The van der Waals surface area contributed by atoms with Crippen molar-refractivity contribution in [1.82, 2.24) is 9.78 Å². The van der Waals surface area contributed by atoms with Gasteiger partial charge in [-0.15, -0.1) is 0 Å². The van der Waals surface area contributed by atoms with Crippen molar-refractivity contribution in [1.29, 1.82) is 0 Å². The van der Waals surface area contributed by atoms with E-state index in [0.717, 1.165) is 28.1 Å². The number of carbonyl (C=O) groups is 1. The van der Waals surface area contributed by atoms with Gasteiger partial charge in [-0.1, -0.05) is 54.6 Å². The van der Waals surface area contributed by atoms with E-state index < -0.39 is 0 Å². The largest absolute Gasteiger partial charge is 0.272 e. The van der Waals surface area contributed by atoms with Gasteiger partial charge in [0.1, 0.15) is 0 Å². The smallest absolute Gasteiger partial charge is 0.251 e. The van der Waals surface area contributed by atoms with Gasteiger partial charge >= 0.3 is 0 Å². The van der Waals surface area contributed by atoms with Gasteiger partial charge in [-0.3, -0.25) is 4.79 Å². The van der Waals surface area contributed by atoms with Crippen LogP contribution in [0.3, 0.4) is 0 Å². The van der Waals surface area contributed by atoms with Crippen LogP contribution in [0.25, 0.3) is 11.1 Å². The first-order valence-corrected chi connectivity index (χ1v) is 7.35. The van der Waals surface area contributed by atoms with Crippen LogP contribution >= 0.6 is 0 Å². The van der Waals surface area contributed by atoms with Crippen molar-refractivity contribution < 1.29 is 4.79 Å². The molecule has 0 bridgehead atoms. The zero-order valence-electron chi connectivity index (χ0n) is 12.8. The van der Waals surface area contributed by atoms with Crippen LogP contribution in [-0.4, -0.2) is 15.7 Å². The van der Waals surface area contributed by atoms with Gasteiger partial charge in [0, 0.05) is 5.69 Å². The molecule has 2 aromatic carbocycles. The van der Waals surface area contributed by atoms with E-state index in [-0.39, 0.29) is 5.91 Å². The van der Waals surface area contributed by atoms with E-state index in [1.807, 2.05) is 56.3 Å². The Morgan fingerprint density at radius 3 is 2.36 bits per heavy atom. The Morgan fingerprint density at radius 2 is 1.68 bits per heavy atom. The standard InChI is InChI=1S/C19H18N2O/c1-14-12-15(2)21(20-14)19(22)13-17-10-6-7-11-18(17)16-8-4-3-5-9-16/h3-12H,13H2,1-2H3. The van der Waals surface area contributed by atoms with Gasteiger partial charge in [0.25, 0.3) is 5.91 Å². The Hall–Kier alpha value is -2.68. The van der Waals surface area contributed by atoms with E-state index in [1.165, 1.54) is 4.68 Å². The number of carbonyl (C=O) groups excluding carboxylic acids is 1. The fraction of sp³-hybridized carbons (Fsp3) is 0.158. The minimum Gasteiger partial charge on any atom is -0.272 e. The Labute approximate surface area is 130 Å². The highest BCUT2D eigenvalue weighted by molar-refractivity contribution is 5.84. The summed E-state index contributed by atoms with van der Waals surface area (Å²) in [6, 6.07) is 20.1. The minimum atomic E-state index is -0.00557. The molecule has 0 amide bonds. The first-order valence-electron chi connectivity index (χ1n) is 7.35. The van der Waals surface area contributed by atoms with Gasteiger partial charge in [-0.25, -0.2) is 4.68 Å². The molecule has 3 aromatic rings. The third-order valence-electron chi connectivity index (χ3n) is 3.69. The van der Waals surface area contributed by atoms with Crippen LogP contribution in [0.15, 0.2) is 60.7 Å². The van der Waals surface area contributed by atoms with Gasteiger partial charge in [0.2, 0.25) is 0 Å². The predicted octanol–water partition coefficient (Wildman–Crippen LogP) is 4.05. The van der Waals surface area contributed by atoms with E-state index in [9.17, 15) is 4.79 Å². The van der Waals surface area contributed by atoms with Crippen LogP contribution < -0.4 is 0 Å². The Bertz CT molecular complexity index is 803. The van der Waals surface area contributed by atoms with Crippen molar-refractivity contribution >= 4 is 5.91 Å². The molecule has 0 aliphatic carbocycles. The number of hydrogen-bond donors (Lipinski definition) is 0. The maximum Gasteiger partial charge on any atom is 0.251 e. The molecular formula is C19H18N2O. The average Bonchev–Trinajstić information content (AvgIpc) is 2.87. The molecule has 3 rings (SSSR count). The highest BCUT2D eigenvalue weighted by atomic mass is 16.2. The van der Waals surface area contributed by atoms with Crippen LogP contribution in [0.5, 0.6) is 0 Å². The van der Waals surface area contributed by atoms with Crippen LogP contribution in [0.4, 0.5) is 0 Å². The lowest BCUT2D eigenvalue weighted by Gasteiger charge is -2.10. The summed E-state index contributed by atoms with van der Waals surface area (Å²) in [4.78, 5) is 12.5. The molecular weight excluding hydrogens is 272 g/mol. The number of nitrogens with zero attached hydrogens (tertiary/aromatic N) is 2. The molecule has 0 radical (unpaired) electrons. The number of benzene rings is 2. The molecule has 0 unspecified atom stereocenters. The van der Waals surface area contributed by atoms with E-state index in [2.05, 4.69) is 23.3 Å². The fourth-order valence-electron chi connectivity index (χ4n) is 2.69. The quantitative estimate of drug-likeness (QED) is 0.729. The lowest BCUT2D eigenvalue weighted by atomic mass is 9.97. The highest BCUT2D eigenvalue weighted by Gasteiger charge is 2.13. The number of rotatable bonds is 3. The molecule has 3 heteroatoms. The Morgan fingerprint density at radius 1 is 1.00 bits per heavy atom. The summed E-state index contributed by atoms with van der Waals surface area (Å²) in [6.07, 6.45) is 0.340. The van der Waals surface area contributed by atoms with E-state index in [4.69, 9.17) is 0 Å². The van der Waals surface area contributed by atoms with Crippen molar-refractivity contribution in [3.8, 4) is 11.1 Å². The number of aryl methyl sites for hydroxylation is 2. The third kappa shape index (κ3) is 2.84. The second kappa shape index (κ2) is 5.98. The van der Waals surface area contributed by atoms with E-state index >= 15 is 0 Å². The number of aromatic nitrogens is 2. The normalized spacial score (nSPS) is 10.6. The SMILES string of the molecule is Cc1cc(C)n(C(=O)Cc2ccccc2-c2ccccc2)n1. The van der Waals surface area contributed by atoms with E-state index in [0.29, 0.717) is 6.42 Å². The maximum absolute atomic E-state index is 12.5. The van der Waals surface area contributed by atoms with Crippen LogP contribution in [0, 0.1) is 13.8 Å². The monoisotopic (exact) mass is 290 g/mol. The van der Waals surface area contributed by atoms with Gasteiger partial charge in [-0.05, 0) is 36.6 Å². The van der Waals surface area contributed by atoms with Gasteiger partial charge < -0.3 is 0 Å². The van der Waals surface area contributed by atoms with Gasteiger partial charge in [0.15, 0.2) is 0 Å². The summed E-state index contributed by atoms with van der Waals surface area (Å²) in [5, 5.41) is 4.28. The summed E-state index contributed by atoms with van der Waals surface area (Å²) in [5.41, 5.74) is 4.98. The highest BCUT2D eigenvalue weighted by Crippen LogP contribution is 2.24. The molecule has 0 aliphatic heterocycles. The summed E-state index contributed by atoms with van der Waals surface area (Å²) >= 11 is 0. The average molecular weight is 290 g/mol. The first kappa shape index (κ1) is 14.3. The van der Waals surface area contributed by atoms with Crippen molar-refractivity contribution in [2.45, 2.75) is 20.3 Å². The number of hydrogen-bond acceptors (Lipinski definition) is 2. The molecule has 22 heavy (non-hydrogen) atoms. The lowest BCUT2D eigenvalue weighted by Crippen LogP contribution is -2.17. The molecule has 110 valence electrons. The lowest BCUT2D eigenvalue weighted by molar-refractivity contribution is 0.0895. The first-order chi connectivity index (χ1) is 10.6. The third-order valence-corrected chi connectivity index (χ3v) is 3.69. The predicted molar refractivity (Wildman–Crippen MR) is 87.9 cm³/mol. The molecule has 1 aromatic heterocycles. The molecule has 1 heterocycles. The zero-order valence-corrected chi connectivity index (χ0v) is 12.8. The molecule has 3 nitrogen and oxygen atoms in total. The summed E-state index contributed by atoms with van der Waals surface area (Å²) in [5.74, 6) is -0.00557. The second-order valence-corrected chi connectivity index (χ2v) is 5.43. The summed E-state index contributed by atoms with van der Waals surface area (Å²) in [7, 11) is 0. The van der Waals surface area contributed by atoms with Crippen molar-refractivity contribution in [2.24, 2.45) is 0 Å². The van der Waals surface area contributed by atoms with Crippen LogP contribution in [0.1, 0.15) is 21.7 Å². The Balaban J connectivity index is 1.93. The molecule has 0 atom stereocenters. The molecule has 0 saturated carbocycles. The topological polar surface area (TPSA) is 34.9 Å². The van der Waals surface area contributed by atoms with Crippen molar-refractivity contribution in [3.05, 3.63) is 77.6 Å². The van der Waals surface area contributed by atoms with Crippen molar-refractivity contribution in [2.75, 3.05) is 0 Å². The summed E-state index contributed by atoms with van der Waals surface area (Å²) < 4.78 is 1.50. The van der Waals surface area contributed by atoms with Crippen molar-refractivity contribution in [3.63, 3.8) is 0 Å². The second-order valence-electron chi connectivity index (χ2n) is 5.43. The molecule has 0 saturated heterocycles. The maximum atomic E-state index is 12.5. The minimum absolute atomic E-state index is 0.00557. The Kier molecular flexibility index (Phi) is 3.88. The molecule has 0 spiro atoms. The van der Waals surface area contributed by atoms with Gasteiger partial charge in [-0.2, -0.15) is 5.10 Å². The van der Waals surface area contributed by atoms with Crippen LogP contribution in [0.2, 0.25) is 0 Å². The fourth-order valence-corrected chi connectivity index (χ4v) is 2.69. The zero-order chi connectivity index (χ0) is 15.5. The molecule has 0 fully saturated rings.